The van der Waals surface area contributed by atoms with Crippen LogP contribution in [0, 0.1) is 5.92 Å². The molecule has 0 amide bonds. The average Bonchev–Trinajstić information content (AvgIpc) is 2.58. The van der Waals surface area contributed by atoms with Gasteiger partial charge in [0.15, 0.2) is 12.3 Å². The third-order valence-electron chi connectivity index (χ3n) is 4.56. The van der Waals surface area contributed by atoms with Crippen molar-refractivity contribution in [1.82, 2.24) is 0 Å². The minimum absolute atomic E-state index is 0.0505. The van der Waals surface area contributed by atoms with Crippen LogP contribution in [0.1, 0.15) is 39.7 Å². The lowest BCUT2D eigenvalue weighted by atomic mass is 9.82. The maximum absolute atomic E-state index is 11.4. The van der Waals surface area contributed by atoms with Crippen molar-refractivity contribution in [3.05, 3.63) is 23.8 Å². The van der Waals surface area contributed by atoms with Gasteiger partial charge in [-0.2, -0.15) is 13.0 Å². The summed E-state index contributed by atoms with van der Waals surface area (Å²) < 4.78 is 34.0. The van der Waals surface area contributed by atoms with Crippen LogP contribution in [0.2, 0.25) is 0 Å². The quantitative estimate of drug-likeness (QED) is 0.634. The number of carboxylic acid groups (broad SMARTS) is 1. The molecule has 1 aliphatic rings. The number of carbonyl (C=O) groups is 1. The summed E-state index contributed by atoms with van der Waals surface area (Å²) in [6, 6.07) is 4.54. The molecule has 0 saturated carbocycles. The van der Waals surface area contributed by atoms with E-state index in [1.54, 1.807) is 6.07 Å². The van der Waals surface area contributed by atoms with Crippen LogP contribution >= 0.6 is 0 Å². The first-order valence-corrected chi connectivity index (χ1v) is 8.84. The van der Waals surface area contributed by atoms with Gasteiger partial charge in [-0.25, -0.2) is 0 Å². The van der Waals surface area contributed by atoms with E-state index in [1.165, 1.54) is 12.1 Å². The molecular formula is C16H22NO5S+. The second-order valence-electron chi connectivity index (χ2n) is 6.68. The smallest absolute Gasteiger partial charge is 0.303 e. The van der Waals surface area contributed by atoms with Crippen LogP contribution < -0.4 is 0 Å². The van der Waals surface area contributed by atoms with E-state index in [9.17, 15) is 17.8 Å². The Morgan fingerprint density at radius 1 is 1.35 bits per heavy atom. The SMILES string of the molecule is CC1=[N+](CC(C)CC(=O)O)c2ccc(S(=O)(=O)O)cc2C1(C)C. The van der Waals surface area contributed by atoms with E-state index in [0.717, 1.165) is 17.0 Å². The fraction of sp³-hybridized carbons (Fsp3) is 0.500. The maximum atomic E-state index is 11.4. The summed E-state index contributed by atoms with van der Waals surface area (Å²) in [4.78, 5) is 10.7. The lowest BCUT2D eigenvalue weighted by molar-refractivity contribution is -0.447. The highest BCUT2D eigenvalue weighted by Gasteiger charge is 2.44. The Hall–Kier alpha value is -1.73. The first-order chi connectivity index (χ1) is 10.4. The fourth-order valence-electron chi connectivity index (χ4n) is 3.03. The topological polar surface area (TPSA) is 94.7 Å². The Morgan fingerprint density at radius 2 is 1.96 bits per heavy atom. The number of hydrogen-bond acceptors (Lipinski definition) is 3. The number of nitrogens with zero attached hydrogens (tertiary/aromatic N) is 1. The summed E-state index contributed by atoms with van der Waals surface area (Å²) in [5.74, 6) is -0.888. The molecule has 2 rings (SSSR count). The van der Waals surface area contributed by atoms with Gasteiger partial charge in [0, 0.05) is 24.5 Å². The monoisotopic (exact) mass is 340 g/mol. The third-order valence-corrected chi connectivity index (χ3v) is 5.41. The minimum Gasteiger partial charge on any atom is -0.481 e. The van der Waals surface area contributed by atoms with Crippen LogP contribution in [0.25, 0.3) is 0 Å². The molecule has 0 aliphatic carbocycles. The van der Waals surface area contributed by atoms with Crippen molar-refractivity contribution in [1.29, 1.82) is 0 Å². The largest absolute Gasteiger partial charge is 0.481 e. The zero-order chi connectivity index (χ0) is 17.6. The van der Waals surface area contributed by atoms with E-state index in [-0.39, 0.29) is 22.6 Å². The number of hydrogen-bond donors (Lipinski definition) is 2. The molecular weight excluding hydrogens is 318 g/mol. The number of carboxylic acids is 1. The van der Waals surface area contributed by atoms with Crippen LogP contribution in [0.3, 0.4) is 0 Å². The highest BCUT2D eigenvalue weighted by Crippen LogP contribution is 2.41. The van der Waals surface area contributed by atoms with E-state index in [1.807, 2.05) is 32.3 Å². The zero-order valence-corrected chi connectivity index (χ0v) is 14.5. The maximum Gasteiger partial charge on any atom is 0.303 e. The van der Waals surface area contributed by atoms with Crippen molar-refractivity contribution < 1.29 is 27.4 Å². The molecule has 0 spiro atoms. The molecule has 0 fully saturated rings. The predicted octanol–water partition coefficient (Wildman–Crippen LogP) is 2.44. The van der Waals surface area contributed by atoms with Crippen LogP contribution in [-0.4, -0.2) is 40.9 Å². The number of aliphatic carboxylic acids is 1. The highest BCUT2D eigenvalue weighted by molar-refractivity contribution is 7.85. The van der Waals surface area contributed by atoms with Crippen LogP contribution in [0.15, 0.2) is 23.1 Å². The molecule has 1 aliphatic heterocycles. The molecule has 0 radical (unpaired) electrons. The van der Waals surface area contributed by atoms with Gasteiger partial charge in [-0.15, -0.1) is 0 Å². The molecule has 0 saturated heterocycles. The number of benzene rings is 1. The minimum atomic E-state index is -4.25. The second kappa shape index (κ2) is 5.72. The molecule has 1 aromatic rings. The van der Waals surface area contributed by atoms with Gasteiger partial charge in [0.05, 0.1) is 16.7 Å². The zero-order valence-electron chi connectivity index (χ0n) is 13.7. The Morgan fingerprint density at radius 3 is 2.48 bits per heavy atom. The summed E-state index contributed by atoms with van der Waals surface area (Å²) in [6.07, 6.45) is 0.0721. The fourth-order valence-corrected chi connectivity index (χ4v) is 3.54. The molecule has 1 unspecified atom stereocenters. The van der Waals surface area contributed by atoms with Crippen LogP contribution in [0.4, 0.5) is 5.69 Å². The molecule has 1 aromatic carbocycles. The second-order valence-corrected chi connectivity index (χ2v) is 8.10. The number of fused-ring (bicyclic) bond motifs is 1. The van der Waals surface area contributed by atoms with Crippen LogP contribution in [0.5, 0.6) is 0 Å². The van der Waals surface area contributed by atoms with E-state index in [2.05, 4.69) is 0 Å². The van der Waals surface area contributed by atoms with E-state index < -0.39 is 16.1 Å². The first kappa shape index (κ1) is 17.6. The summed E-state index contributed by atoms with van der Waals surface area (Å²) >= 11 is 0. The molecule has 23 heavy (non-hydrogen) atoms. The van der Waals surface area contributed by atoms with Crippen molar-refractivity contribution in [2.45, 2.75) is 44.4 Å². The van der Waals surface area contributed by atoms with Gasteiger partial charge in [-0.05, 0) is 26.0 Å². The van der Waals surface area contributed by atoms with Gasteiger partial charge in [0.2, 0.25) is 5.69 Å². The van der Waals surface area contributed by atoms with Crippen molar-refractivity contribution in [3.8, 4) is 0 Å². The van der Waals surface area contributed by atoms with Crippen molar-refractivity contribution in [3.63, 3.8) is 0 Å². The van der Waals surface area contributed by atoms with E-state index in [4.69, 9.17) is 5.11 Å². The Balaban J connectivity index is 2.48. The van der Waals surface area contributed by atoms with Gasteiger partial charge < -0.3 is 5.11 Å². The summed E-state index contributed by atoms with van der Waals surface area (Å²) in [5.41, 5.74) is 2.31. The molecule has 126 valence electrons. The van der Waals surface area contributed by atoms with Gasteiger partial charge in [-0.1, -0.05) is 6.92 Å². The lowest BCUT2D eigenvalue weighted by Gasteiger charge is -2.15. The van der Waals surface area contributed by atoms with Crippen molar-refractivity contribution in [2.24, 2.45) is 5.92 Å². The molecule has 1 heterocycles. The number of rotatable bonds is 5. The Labute approximate surface area is 136 Å². The standard InChI is InChI=1S/C16H21NO5S/c1-10(7-15(18)19)9-17-11(2)16(3,4)13-8-12(23(20,21)22)5-6-14(13)17/h5-6,8,10H,7,9H2,1-4H3,(H-,18,19,20,21,22)/p+1. The highest BCUT2D eigenvalue weighted by atomic mass is 32.2. The molecule has 0 bridgehead atoms. The summed E-state index contributed by atoms with van der Waals surface area (Å²) in [7, 11) is -4.25. The average molecular weight is 340 g/mol. The van der Waals surface area contributed by atoms with Crippen molar-refractivity contribution >= 4 is 27.5 Å². The molecule has 0 aromatic heterocycles. The van der Waals surface area contributed by atoms with E-state index in [0.29, 0.717) is 6.54 Å². The molecule has 7 heteroatoms. The Bertz CT molecular complexity index is 793. The first-order valence-electron chi connectivity index (χ1n) is 7.40. The Kier molecular flexibility index (Phi) is 4.38. The van der Waals surface area contributed by atoms with E-state index >= 15 is 0 Å². The third kappa shape index (κ3) is 3.30. The predicted molar refractivity (Wildman–Crippen MR) is 86.2 cm³/mol. The van der Waals surface area contributed by atoms with Gasteiger partial charge in [0.25, 0.3) is 10.1 Å². The molecule has 6 nitrogen and oxygen atoms in total. The lowest BCUT2D eigenvalue weighted by Crippen LogP contribution is -2.28. The van der Waals surface area contributed by atoms with Gasteiger partial charge in [-0.3, -0.25) is 9.35 Å². The summed E-state index contributed by atoms with van der Waals surface area (Å²) in [5, 5.41) is 8.93. The van der Waals surface area contributed by atoms with Crippen molar-refractivity contribution in [2.75, 3.05) is 6.54 Å². The summed E-state index contributed by atoms with van der Waals surface area (Å²) in [6.45, 7) is 8.34. The van der Waals surface area contributed by atoms with Crippen LogP contribution in [-0.2, 0) is 20.3 Å². The molecule has 1 atom stereocenters. The van der Waals surface area contributed by atoms with Gasteiger partial charge >= 0.3 is 5.97 Å². The molecule has 2 N–H and O–H groups in total. The normalized spacial score (nSPS) is 18.0. The van der Waals surface area contributed by atoms with Gasteiger partial charge in [0.1, 0.15) is 0 Å².